The Bertz CT molecular complexity index is 1170. The molecule has 0 saturated carbocycles. The number of hydrogen-bond donors (Lipinski definition) is 3. The fourth-order valence-electron chi connectivity index (χ4n) is 6.30. The van der Waals surface area contributed by atoms with Crippen LogP contribution in [0.4, 0.5) is 4.79 Å². The molecular weight excluding hydrogens is 604 g/mol. The van der Waals surface area contributed by atoms with Gasteiger partial charge in [0.25, 0.3) is 0 Å². The first kappa shape index (κ1) is 38.9. The van der Waals surface area contributed by atoms with E-state index in [2.05, 4.69) is 18.7 Å². The maximum Gasteiger partial charge on any atom is 0.410 e. The number of aliphatic hydroxyl groups is 3. The summed E-state index contributed by atoms with van der Waals surface area (Å²) in [6, 6.07) is 0.386. The molecule has 0 aromatic rings. The number of epoxide rings is 1. The van der Waals surface area contributed by atoms with Crippen molar-refractivity contribution in [1.29, 1.82) is 0 Å². The zero-order valence-electron chi connectivity index (χ0n) is 29.6. The number of nitrogens with zero attached hydrogens (tertiary/aromatic N) is 2. The molecule has 11 nitrogen and oxygen atoms in total. The highest BCUT2D eigenvalue weighted by molar-refractivity contribution is 5.81. The molecule has 1 amide bonds. The second-order valence-electron chi connectivity index (χ2n) is 14.4. The number of allylic oxidation sites excluding steroid dienone is 2. The molecule has 9 unspecified atom stereocenters. The van der Waals surface area contributed by atoms with E-state index in [9.17, 15) is 29.7 Å². The summed E-state index contributed by atoms with van der Waals surface area (Å²) in [5, 5.41) is 33.0. The lowest BCUT2D eigenvalue weighted by Crippen LogP contribution is -2.52. The largest absolute Gasteiger partial charge is 0.457 e. The van der Waals surface area contributed by atoms with Crippen molar-refractivity contribution in [3.8, 4) is 0 Å². The van der Waals surface area contributed by atoms with E-state index in [-0.39, 0.29) is 49.1 Å². The van der Waals surface area contributed by atoms with Crippen LogP contribution in [0.15, 0.2) is 36.0 Å². The molecule has 11 heteroatoms. The van der Waals surface area contributed by atoms with Crippen molar-refractivity contribution >= 4 is 17.8 Å². The number of ether oxygens (including phenoxy) is 3. The SMILES string of the molecule is CCC(=O)C(C)C1OC1CC(C)(O)/C=C/C=C(\C)C1OC(=O)CC(O)CCC(C)(O)C(OC(=O)N2CCN(C(C)C)CC2)/C=C/C1C. The molecule has 3 aliphatic heterocycles. The molecule has 266 valence electrons. The fraction of sp³-hybridized carbons (Fsp3) is 0.750. The third-order valence-corrected chi connectivity index (χ3v) is 9.70. The van der Waals surface area contributed by atoms with E-state index in [4.69, 9.17) is 14.2 Å². The number of rotatable bonds is 10. The highest BCUT2D eigenvalue weighted by atomic mass is 16.6. The molecule has 0 aromatic heterocycles. The molecule has 9 atom stereocenters. The Morgan fingerprint density at radius 1 is 1.19 bits per heavy atom. The quantitative estimate of drug-likeness (QED) is 0.136. The van der Waals surface area contributed by atoms with E-state index in [1.807, 2.05) is 27.7 Å². The first-order valence-electron chi connectivity index (χ1n) is 17.2. The minimum absolute atomic E-state index is 0.104. The Hall–Kier alpha value is -2.57. The summed E-state index contributed by atoms with van der Waals surface area (Å²) in [7, 11) is 0. The van der Waals surface area contributed by atoms with Crippen molar-refractivity contribution in [3.05, 3.63) is 36.0 Å². The Balaban J connectivity index is 1.74. The molecule has 0 aliphatic carbocycles. The average molecular weight is 663 g/mol. The van der Waals surface area contributed by atoms with Crippen LogP contribution < -0.4 is 0 Å². The van der Waals surface area contributed by atoms with Crippen LogP contribution in [0, 0.1) is 11.8 Å². The second-order valence-corrected chi connectivity index (χ2v) is 14.4. The molecule has 0 spiro atoms. The van der Waals surface area contributed by atoms with E-state index in [0.717, 1.165) is 13.1 Å². The molecule has 2 saturated heterocycles. The monoisotopic (exact) mass is 662 g/mol. The summed E-state index contributed by atoms with van der Waals surface area (Å²) in [5.41, 5.74) is -1.98. The van der Waals surface area contributed by atoms with Crippen LogP contribution in [0.1, 0.15) is 87.5 Å². The van der Waals surface area contributed by atoms with Gasteiger partial charge in [-0.2, -0.15) is 0 Å². The van der Waals surface area contributed by atoms with E-state index in [0.29, 0.717) is 37.5 Å². The number of Topliss-reactive ketones (excluding diaryl/α,β-unsaturated/α-hetero) is 1. The van der Waals surface area contributed by atoms with Gasteiger partial charge in [0.05, 0.1) is 30.3 Å². The summed E-state index contributed by atoms with van der Waals surface area (Å²) < 4.78 is 17.4. The molecule has 0 aromatic carbocycles. The maximum absolute atomic E-state index is 13.2. The van der Waals surface area contributed by atoms with Crippen LogP contribution in [0.25, 0.3) is 0 Å². The lowest BCUT2D eigenvalue weighted by molar-refractivity contribution is -0.151. The van der Waals surface area contributed by atoms with Crippen LogP contribution in [-0.4, -0.2) is 117 Å². The number of esters is 1. The van der Waals surface area contributed by atoms with Crippen LogP contribution in [0.5, 0.6) is 0 Å². The van der Waals surface area contributed by atoms with E-state index < -0.39 is 41.6 Å². The molecular formula is C36H58N2O9. The van der Waals surface area contributed by atoms with Crippen LogP contribution >= 0.6 is 0 Å². The first-order chi connectivity index (χ1) is 21.9. The maximum atomic E-state index is 13.2. The molecule has 0 bridgehead atoms. The topological polar surface area (TPSA) is 149 Å². The Kier molecular flexibility index (Phi) is 13.8. The van der Waals surface area contributed by atoms with Gasteiger partial charge in [-0.1, -0.05) is 45.1 Å². The zero-order chi connectivity index (χ0) is 35.1. The van der Waals surface area contributed by atoms with E-state index in [1.54, 1.807) is 49.1 Å². The predicted molar refractivity (Wildman–Crippen MR) is 178 cm³/mol. The third kappa shape index (κ3) is 11.5. The number of hydrogen-bond acceptors (Lipinski definition) is 10. The fourth-order valence-corrected chi connectivity index (χ4v) is 6.30. The summed E-state index contributed by atoms with van der Waals surface area (Å²) in [4.78, 5) is 42.0. The van der Waals surface area contributed by atoms with Gasteiger partial charge in [-0.25, -0.2) is 4.79 Å². The van der Waals surface area contributed by atoms with Crippen molar-refractivity contribution in [1.82, 2.24) is 9.80 Å². The number of piperazine rings is 1. The van der Waals surface area contributed by atoms with Crippen LogP contribution in [-0.2, 0) is 23.8 Å². The van der Waals surface area contributed by atoms with Crippen molar-refractivity contribution in [3.63, 3.8) is 0 Å². The van der Waals surface area contributed by atoms with E-state index >= 15 is 0 Å². The lowest BCUT2D eigenvalue weighted by Gasteiger charge is -2.38. The molecule has 3 aliphatic rings. The van der Waals surface area contributed by atoms with Gasteiger partial charge in [-0.05, 0) is 59.1 Å². The van der Waals surface area contributed by atoms with Gasteiger partial charge in [-0.15, -0.1) is 0 Å². The Labute approximate surface area is 280 Å². The zero-order valence-corrected chi connectivity index (χ0v) is 29.6. The highest BCUT2D eigenvalue weighted by Crippen LogP contribution is 2.36. The Morgan fingerprint density at radius 2 is 1.85 bits per heavy atom. The normalized spacial score (nSPS) is 34.2. The molecule has 2 fully saturated rings. The molecule has 0 radical (unpaired) electrons. The summed E-state index contributed by atoms with van der Waals surface area (Å²) in [5.74, 6) is -1.02. The molecule has 3 rings (SSSR count). The minimum atomic E-state index is -1.49. The smallest absolute Gasteiger partial charge is 0.410 e. The summed E-state index contributed by atoms with van der Waals surface area (Å²) in [6.45, 7) is 17.4. The molecule has 47 heavy (non-hydrogen) atoms. The standard InChI is InChI=1S/C36H58N2O9/c1-9-28(40)26(6)33-29(45-33)22-35(7,43)15-10-11-24(4)32-25(5)12-13-30(36(8,44)16-14-27(39)21-31(41)47-32)46-34(42)38-19-17-37(18-20-38)23(2)3/h10-13,15,23,25-27,29-30,32-33,39,43-44H,9,14,16-22H2,1-8H3/b13-12+,15-10+,24-11+. The van der Waals surface area contributed by atoms with Crippen LogP contribution in [0.3, 0.4) is 0 Å². The van der Waals surface area contributed by atoms with Crippen molar-refractivity contribution in [2.75, 3.05) is 26.2 Å². The predicted octanol–water partition coefficient (Wildman–Crippen LogP) is 3.94. The third-order valence-electron chi connectivity index (χ3n) is 9.70. The lowest BCUT2D eigenvalue weighted by atomic mass is 9.88. The average Bonchev–Trinajstić information content (AvgIpc) is 3.77. The number of carbonyl (C=O) groups is 3. The summed E-state index contributed by atoms with van der Waals surface area (Å²) >= 11 is 0. The highest BCUT2D eigenvalue weighted by Gasteiger charge is 2.47. The van der Waals surface area contributed by atoms with Crippen LogP contribution in [0.2, 0.25) is 0 Å². The van der Waals surface area contributed by atoms with Gasteiger partial charge in [0.2, 0.25) is 0 Å². The van der Waals surface area contributed by atoms with Gasteiger partial charge in [0, 0.05) is 56.9 Å². The first-order valence-corrected chi connectivity index (χ1v) is 17.2. The van der Waals surface area contributed by atoms with Crippen molar-refractivity contribution in [2.24, 2.45) is 11.8 Å². The number of amides is 1. The van der Waals surface area contributed by atoms with E-state index in [1.165, 1.54) is 0 Å². The van der Waals surface area contributed by atoms with Gasteiger partial charge < -0.3 is 34.4 Å². The molecule has 3 N–H and O–H groups in total. The Morgan fingerprint density at radius 3 is 2.47 bits per heavy atom. The van der Waals surface area contributed by atoms with Gasteiger partial charge >= 0.3 is 12.1 Å². The molecule has 3 heterocycles. The number of carbonyl (C=O) groups excluding carboxylic acids is 3. The minimum Gasteiger partial charge on any atom is -0.457 e. The second kappa shape index (κ2) is 16.7. The van der Waals surface area contributed by atoms with Crippen molar-refractivity contribution < 1.29 is 43.9 Å². The van der Waals surface area contributed by atoms with Gasteiger partial charge in [0.15, 0.2) is 6.10 Å². The number of ketones is 1. The van der Waals surface area contributed by atoms with Gasteiger partial charge in [-0.3, -0.25) is 14.5 Å². The van der Waals surface area contributed by atoms with Gasteiger partial charge in [0.1, 0.15) is 17.5 Å². The number of aliphatic hydroxyl groups excluding tert-OH is 1. The summed E-state index contributed by atoms with van der Waals surface area (Å²) in [6.07, 6.45) is 5.66. The number of cyclic esters (lactones) is 1. The van der Waals surface area contributed by atoms with Crippen molar-refractivity contribution in [2.45, 2.75) is 135 Å².